The van der Waals surface area contributed by atoms with Gasteiger partial charge in [0.1, 0.15) is 0 Å². The summed E-state index contributed by atoms with van der Waals surface area (Å²) in [6.45, 7) is 0. The van der Waals surface area contributed by atoms with E-state index in [1.54, 1.807) is 0 Å². The van der Waals surface area contributed by atoms with E-state index in [9.17, 15) is 0 Å². The Bertz CT molecular complexity index is 208. The molecule has 0 saturated heterocycles. The van der Waals surface area contributed by atoms with Gasteiger partial charge in [0.15, 0.2) is 4.33 Å². The molecular weight excluding hydrogens is 191 g/mol. The molecular formula is C10H12Cl2. The standard InChI is InChI=1S/C10H12Cl2/c11-10(12)5-3-9(4-6-10)7-8-1-2-8/h3-6,8-9H,1-2,7H2. The van der Waals surface area contributed by atoms with E-state index in [0.717, 1.165) is 5.92 Å². The molecule has 0 aromatic heterocycles. The van der Waals surface area contributed by atoms with Gasteiger partial charge < -0.3 is 0 Å². The van der Waals surface area contributed by atoms with Gasteiger partial charge in [-0.15, -0.1) is 0 Å². The summed E-state index contributed by atoms with van der Waals surface area (Å²) in [7, 11) is 0. The summed E-state index contributed by atoms with van der Waals surface area (Å²) in [5.74, 6) is 1.53. The van der Waals surface area contributed by atoms with Crippen LogP contribution < -0.4 is 0 Å². The van der Waals surface area contributed by atoms with Crippen molar-refractivity contribution in [1.29, 1.82) is 0 Å². The van der Waals surface area contributed by atoms with Gasteiger partial charge in [0.05, 0.1) is 0 Å². The first-order valence-electron chi connectivity index (χ1n) is 4.42. The number of rotatable bonds is 2. The van der Waals surface area contributed by atoms with Gasteiger partial charge in [0, 0.05) is 0 Å². The molecule has 1 fully saturated rings. The third-order valence-corrected chi connectivity index (χ3v) is 2.94. The van der Waals surface area contributed by atoms with Crippen LogP contribution >= 0.6 is 23.2 Å². The van der Waals surface area contributed by atoms with Crippen LogP contribution in [0.1, 0.15) is 19.3 Å². The Kier molecular flexibility index (Phi) is 2.22. The normalized spacial score (nSPS) is 27.8. The van der Waals surface area contributed by atoms with Crippen LogP contribution in [0.15, 0.2) is 24.3 Å². The van der Waals surface area contributed by atoms with Crippen LogP contribution in [0.3, 0.4) is 0 Å². The third kappa shape index (κ3) is 2.27. The summed E-state index contributed by atoms with van der Waals surface area (Å²) in [6, 6.07) is 0. The van der Waals surface area contributed by atoms with E-state index in [1.165, 1.54) is 19.3 Å². The molecule has 0 unspecified atom stereocenters. The lowest BCUT2D eigenvalue weighted by Crippen LogP contribution is -2.10. The van der Waals surface area contributed by atoms with Gasteiger partial charge in [-0.1, -0.05) is 48.2 Å². The zero-order valence-electron chi connectivity index (χ0n) is 6.84. The fraction of sp³-hybridized carbons (Fsp3) is 0.600. The lowest BCUT2D eigenvalue weighted by molar-refractivity contribution is 0.631. The highest BCUT2D eigenvalue weighted by molar-refractivity contribution is 6.51. The third-order valence-electron chi connectivity index (χ3n) is 2.43. The number of hydrogen-bond acceptors (Lipinski definition) is 0. The second-order valence-electron chi connectivity index (χ2n) is 3.74. The Hall–Kier alpha value is 0.0600. The van der Waals surface area contributed by atoms with Crippen LogP contribution in [0.25, 0.3) is 0 Å². The van der Waals surface area contributed by atoms with Gasteiger partial charge in [-0.2, -0.15) is 0 Å². The zero-order valence-corrected chi connectivity index (χ0v) is 8.35. The minimum atomic E-state index is -0.750. The van der Waals surface area contributed by atoms with Crippen molar-refractivity contribution in [2.75, 3.05) is 0 Å². The van der Waals surface area contributed by atoms with Gasteiger partial charge in [-0.3, -0.25) is 0 Å². The van der Waals surface area contributed by atoms with Crippen molar-refractivity contribution in [3.05, 3.63) is 24.3 Å². The van der Waals surface area contributed by atoms with E-state index in [1.807, 2.05) is 12.2 Å². The summed E-state index contributed by atoms with van der Waals surface area (Å²) < 4.78 is -0.750. The lowest BCUT2D eigenvalue weighted by atomic mass is 9.97. The quantitative estimate of drug-likeness (QED) is 0.474. The monoisotopic (exact) mass is 202 g/mol. The molecule has 0 spiro atoms. The SMILES string of the molecule is ClC1(Cl)C=CC(CC2CC2)C=C1. The van der Waals surface area contributed by atoms with Crippen molar-refractivity contribution in [3.8, 4) is 0 Å². The summed E-state index contributed by atoms with van der Waals surface area (Å²) in [5, 5.41) is 0. The molecule has 0 aromatic carbocycles. The second-order valence-corrected chi connectivity index (χ2v) is 5.18. The molecule has 1 saturated carbocycles. The fourth-order valence-electron chi connectivity index (χ4n) is 1.52. The predicted octanol–water partition coefficient (Wildman–Crippen LogP) is 3.70. The van der Waals surface area contributed by atoms with Crippen LogP contribution in [-0.2, 0) is 0 Å². The van der Waals surface area contributed by atoms with Crippen molar-refractivity contribution in [1.82, 2.24) is 0 Å². The molecule has 0 atom stereocenters. The maximum atomic E-state index is 5.88. The Labute approximate surface area is 83.2 Å². The minimum Gasteiger partial charge on any atom is -0.0923 e. The molecule has 66 valence electrons. The largest absolute Gasteiger partial charge is 0.154 e. The number of halogens is 2. The molecule has 0 radical (unpaired) electrons. The molecule has 2 aliphatic carbocycles. The van der Waals surface area contributed by atoms with Gasteiger partial charge >= 0.3 is 0 Å². The molecule has 2 aliphatic rings. The highest BCUT2D eigenvalue weighted by Gasteiger charge is 2.26. The summed E-state index contributed by atoms with van der Waals surface area (Å²) in [5.41, 5.74) is 0. The van der Waals surface area contributed by atoms with Crippen LogP contribution in [0.4, 0.5) is 0 Å². The highest BCUT2D eigenvalue weighted by Crippen LogP contribution is 2.38. The topological polar surface area (TPSA) is 0 Å². The average molecular weight is 203 g/mol. The molecule has 12 heavy (non-hydrogen) atoms. The van der Waals surface area contributed by atoms with E-state index in [4.69, 9.17) is 23.2 Å². The Morgan fingerprint density at radius 3 is 2.25 bits per heavy atom. The van der Waals surface area contributed by atoms with Crippen molar-refractivity contribution >= 4 is 23.2 Å². The van der Waals surface area contributed by atoms with Crippen molar-refractivity contribution in [2.24, 2.45) is 11.8 Å². The zero-order chi connectivity index (χ0) is 8.60. The molecule has 0 aromatic rings. The summed E-state index contributed by atoms with van der Waals surface area (Å²) in [6.07, 6.45) is 12.1. The van der Waals surface area contributed by atoms with Gasteiger partial charge in [-0.25, -0.2) is 0 Å². The van der Waals surface area contributed by atoms with E-state index in [2.05, 4.69) is 12.2 Å². The average Bonchev–Trinajstić information content (AvgIpc) is 2.77. The van der Waals surface area contributed by atoms with Crippen molar-refractivity contribution in [2.45, 2.75) is 23.6 Å². The molecule has 0 aliphatic heterocycles. The van der Waals surface area contributed by atoms with Gasteiger partial charge in [0.2, 0.25) is 0 Å². The fourth-order valence-corrected chi connectivity index (χ4v) is 1.81. The molecule has 0 bridgehead atoms. The van der Waals surface area contributed by atoms with Crippen molar-refractivity contribution in [3.63, 3.8) is 0 Å². The first-order valence-corrected chi connectivity index (χ1v) is 5.18. The molecule has 2 rings (SSSR count). The highest BCUT2D eigenvalue weighted by atomic mass is 35.5. The van der Waals surface area contributed by atoms with Crippen molar-refractivity contribution < 1.29 is 0 Å². The Morgan fingerprint density at radius 2 is 1.75 bits per heavy atom. The molecule has 2 heteroatoms. The molecule has 0 amide bonds. The van der Waals surface area contributed by atoms with Crippen LogP contribution in [0, 0.1) is 11.8 Å². The molecule has 0 nitrogen and oxygen atoms in total. The lowest BCUT2D eigenvalue weighted by Gasteiger charge is -2.17. The molecule has 0 N–H and O–H groups in total. The van der Waals surface area contributed by atoms with E-state index in [-0.39, 0.29) is 0 Å². The predicted molar refractivity (Wildman–Crippen MR) is 53.5 cm³/mol. The number of hydrogen-bond donors (Lipinski definition) is 0. The maximum Gasteiger partial charge on any atom is 0.154 e. The smallest absolute Gasteiger partial charge is 0.0923 e. The van der Waals surface area contributed by atoms with Crippen LogP contribution in [0.2, 0.25) is 0 Å². The van der Waals surface area contributed by atoms with Gasteiger partial charge in [0.25, 0.3) is 0 Å². The second kappa shape index (κ2) is 3.08. The van der Waals surface area contributed by atoms with E-state index < -0.39 is 4.33 Å². The summed E-state index contributed by atoms with van der Waals surface area (Å²) in [4.78, 5) is 0. The molecule has 0 heterocycles. The Morgan fingerprint density at radius 1 is 1.17 bits per heavy atom. The minimum absolute atomic E-state index is 0.572. The van der Waals surface area contributed by atoms with E-state index >= 15 is 0 Å². The first-order chi connectivity index (χ1) is 5.66. The first kappa shape index (κ1) is 8.65. The Balaban J connectivity index is 1.91. The van der Waals surface area contributed by atoms with Gasteiger partial charge in [-0.05, 0) is 30.4 Å². The summed E-state index contributed by atoms with van der Waals surface area (Å²) >= 11 is 11.8. The van der Waals surface area contributed by atoms with Crippen LogP contribution in [-0.4, -0.2) is 4.33 Å². The number of alkyl halides is 2. The van der Waals surface area contributed by atoms with E-state index in [0.29, 0.717) is 5.92 Å². The maximum absolute atomic E-state index is 5.88. The number of allylic oxidation sites excluding steroid dienone is 4. The van der Waals surface area contributed by atoms with Crippen LogP contribution in [0.5, 0.6) is 0 Å².